The molecule has 5 aromatic rings. The lowest BCUT2D eigenvalue weighted by Crippen LogP contribution is -2.32. The fourth-order valence-corrected chi connectivity index (χ4v) is 6.59. The Labute approximate surface area is 296 Å². The number of rotatable bonds is 11. The van der Waals surface area contributed by atoms with Crippen LogP contribution in [0.2, 0.25) is 10.0 Å². The molecule has 2 amide bonds. The highest BCUT2D eigenvalue weighted by Gasteiger charge is 2.52. The number of carboxylic acids is 1. The lowest BCUT2D eigenvalue weighted by molar-refractivity contribution is -0.137. The molecule has 0 aliphatic heterocycles. The van der Waals surface area contributed by atoms with Crippen molar-refractivity contribution in [3.8, 4) is 22.6 Å². The Bertz CT molecular complexity index is 2000. The van der Waals surface area contributed by atoms with Crippen molar-refractivity contribution in [1.29, 1.82) is 0 Å². The Morgan fingerprint density at radius 1 is 0.854 bits per heavy atom. The molecule has 10 heteroatoms. The summed E-state index contributed by atoms with van der Waals surface area (Å²) in [7, 11) is 0. The van der Waals surface area contributed by atoms with E-state index in [0.717, 1.165) is 11.1 Å². The van der Waals surface area contributed by atoms with Crippen LogP contribution in [0.5, 0.6) is 11.5 Å². The Balaban J connectivity index is 1.23. The Morgan fingerprint density at radius 3 is 2.25 bits per heavy atom. The van der Waals surface area contributed by atoms with E-state index in [9.17, 15) is 19.5 Å². The Morgan fingerprint density at radius 2 is 1.56 bits per heavy atom. The van der Waals surface area contributed by atoms with Crippen LogP contribution in [0.25, 0.3) is 11.1 Å². The van der Waals surface area contributed by atoms with Gasteiger partial charge in [-0.05, 0) is 78.1 Å². The number of ether oxygens (including phenoxy) is 1. The maximum absolute atomic E-state index is 13.8. The molecule has 6 rings (SSSR count). The van der Waals surface area contributed by atoms with Crippen LogP contribution in [0, 0.1) is 0 Å². The zero-order valence-corrected chi connectivity index (χ0v) is 28.5. The lowest BCUT2D eigenvalue weighted by atomic mass is 9.94. The van der Waals surface area contributed by atoms with E-state index in [4.69, 9.17) is 27.9 Å². The molecule has 1 atom stereocenters. The van der Waals surface area contributed by atoms with Crippen molar-refractivity contribution < 1.29 is 24.2 Å². The van der Waals surface area contributed by atoms with Gasteiger partial charge in [0, 0.05) is 20.1 Å². The number of nitrogens with one attached hydrogen (secondary N) is 2. The topological polar surface area (TPSA) is 105 Å². The molecule has 0 spiro atoms. The zero-order valence-electron chi connectivity index (χ0n) is 25.4. The summed E-state index contributed by atoms with van der Waals surface area (Å²) in [6.45, 7) is 0. The van der Waals surface area contributed by atoms with Crippen molar-refractivity contribution in [2.45, 2.75) is 30.7 Å². The number of carbonyl (C=O) groups is 3. The van der Waals surface area contributed by atoms with Crippen molar-refractivity contribution >= 4 is 62.6 Å². The van der Waals surface area contributed by atoms with Crippen molar-refractivity contribution in [1.82, 2.24) is 5.32 Å². The average Bonchev–Trinajstić information content (AvgIpc) is 3.88. The van der Waals surface area contributed by atoms with Gasteiger partial charge < -0.3 is 20.5 Å². The van der Waals surface area contributed by atoms with Crippen LogP contribution < -0.4 is 15.4 Å². The SMILES string of the molecule is O=C(O)CC(NC(=O)c1cc(Br)ccc1NC(=O)C1(c2ccc(Cl)cc2Cl)CC1)c1ccc(-c2ccccc2Oc2ccccc2)cc1. The fraction of sp³-hybridized carbons (Fsp3) is 0.132. The quantitative estimate of drug-likeness (QED) is 0.125. The van der Waals surface area contributed by atoms with E-state index in [1.165, 1.54) is 0 Å². The molecule has 0 heterocycles. The molecular formula is C38H29BrCl2N2O5. The highest BCUT2D eigenvalue weighted by molar-refractivity contribution is 9.10. The molecule has 0 bridgehead atoms. The third-order valence-electron chi connectivity index (χ3n) is 8.27. The number of hydrogen-bond acceptors (Lipinski definition) is 4. The van der Waals surface area contributed by atoms with Crippen LogP contribution in [0.3, 0.4) is 0 Å². The van der Waals surface area contributed by atoms with Gasteiger partial charge in [-0.25, -0.2) is 0 Å². The molecule has 242 valence electrons. The van der Waals surface area contributed by atoms with Crippen LogP contribution >= 0.6 is 39.1 Å². The molecular weight excluding hydrogens is 715 g/mol. The van der Waals surface area contributed by atoms with Gasteiger partial charge in [-0.15, -0.1) is 0 Å². The minimum absolute atomic E-state index is 0.176. The second-order valence-electron chi connectivity index (χ2n) is 11.5. The monoisotopic (exact) mass is 742 g/mol. The summed E-state index contributed by atoms with van der Waals surface area (Å²) >= 11 is 16.0. The predicted molar refractivity (Wildman–Crippen MR) is 191 cm³/mol. The number of carbonyl (C=O) groups excluding carboxylic acids is 2. The van der Waals surface area contributed by atoms with Crippen molar-refractivity contribution in [3.63, 3.8) is 0 Å². The minimum Gasteiger partial charge on any atom is -0.481 e. The molecule has 48 heavy (non-hydrogen) atoms. The molecule has 1 aliphatic rings. The largest absolute Gasteiger partial charge is 0.481 e. The number of hydrogen-bond donors (Lipinski definition) is 3. The van der Waals surface area contributed by atoms with E-state index in [1.807, 2.05) is 66.7 Å². The van der Waals surface area contributed by atoms with Gasteiger partial charge in [-0.2, -0.15) is 0 Å². The number of aliphatic carboxylic acids is 1. The second kappa shape index (κ2) is 14.2. The van der Waals surface area contributed by atoms with E-state index in [1.54, 1.807) is 48.5 Å². The third kappa shape index (κ3) is 7.41. The van der Waals surface area contributed by atoms with E-state index in [2.05, 4.69) is 26.6 Å². The molecule has 3 N–H and O–H groups in total. The lowest BCUT2D eigenvalue weighted by Gasteiger charge is -2.21. The van der Waals surface area contributed by atoms with Crippen LogP contribution in [-0.4, -0.2) is 22.9 Å². The summed E-state index contributed by atoms with van der Waals surface area (Å²) in [6, 6.07) is 33.5. The average molecular weight is 744 g/mol. The number of para-hydroxylation sites is 2. The summed E-state index contributed by atoms with van der Waals surface area (Å²) < 4.78 is 6.74. The maximum Gasteiger partial charge on any atom is 0.305 e. The minimum atomic E-state index is -1.08. The molecule has 1 fully saturated rings. The maximum atomic E-state index is 13.8. The molecule has 5 aromatic carbocycles. The molecule has 1 aliphatic carbocycles. The van der Waals surface area contributed by atoms with Gasteiger partial charge in [-0.3, -0.25) is 14.4 Å². The third-order valence-corrected chi connectivity index (χ3v) is 9.31. The Kier molecular flexibility index (Phi) is 9.87. The molecule has 7 nitrogen and oxygen atoms in total. The van der Waals surface area contributed by atoms with Gasteiger partial charge >= 0.3 is 5.97 Å². The first-order valence-corrected chi connectivity index (χ1v) is 16.7. The Hall–Kier alpha value is -4.63. The van der Waals surface area contributed by atoms with Crippen molar-refractivity contribution in [2.24, 2.45) is 0 Å². The molecule has 1 unspecified atom stereocenters. The summed E-state index contributed by atoms with van der Waals surface area (Å²) in [5, 5.41) is 16.4. The van der Waals surface area contributed by atoms with E-state index in [0.29, 0.717) is 50.0 Å². The summed E-state index contributed by atoms with van der Waals surface area (Å²) in [5.74, 6) is -0.545. The molecule has 1 saturated carbocycles. The summed E-state index contributed by atoms with van der Waals surface area (Å²) in [4.78, 5) is 39.3. The van der Waals surface area contributed by atoms with Gasteiger partial charge in [0.2, 0.25) is 5.91 Å². The number of amides is 2. The number of benzene rings is 5. The highest BCUT2D eigenvalue weighted by Crippen LogP contribution is 2.51. The van der Waals surface area contributed by atoms with E-state index < -0.39 is 23.3 Å². The first kappa shape index (κ1) is 33.3. The van der Waals surface area contributed by atoms with Crippen molar-refractivity contribution in [2.75, 3.05) is 5.32 Å². The number of anilines is 1. The van der Waals surface area contributed by atoms with Gasteiger partial charge in [0.25, 0.3) is 5.91 Å². The summed E-state index contributed by atoms with van der Waals surface area (Å²) in [5.41, 5.74) is 2.62. The fourth-order valence-electron chi connectivity index (χ4n) is 5.64. The highest BCUT2D eigenvalue weighted by atomic mass is 79.9. The van der Waals surface area contributed by atoms with Crippen LogP contribution in [-0.2, 0) is 15.0 Å². The standard InChI is InChI=1S/C38H29BrCl2N2O5/c39-25-14-17-32(43-37(47)38(18-19-38)30-16-15-26(40)21-31(30)41)29(20-25)36(46)42-33(22-35(44)45)24-12-10-23(11-13-24)28-8-4-5-9-34(28)48-27-6-2-1-3-7-27/h1-17,20-21,33H,18-19,22H2,(H,42,46)(H,43,47)(H,44,45). The van der Waals surface area contributed by atoms with Crippen LogP contribution in [0.15, 0.2) is 120 Å². The molecule has 0 aromatic heterocycles. The second-order valence-corrected chi connectivity index (χ2v) is 13.3. The molecule has 0 saturated heterocycles. The normalized spacial score (nSPS) is 13.6. The van der Waals surface area contributed by atoms with Gasteiger partial charge in [0.1, 0.15) is 11.5 Å². The molecule has 0 radical (unpaired) electrons. The number of halogens is 3. The summed E-state index contributed by atoms with van der Waals surface area (Å²) in [6.07, 6.45) is 0.836. The first-order chi connectivity index (χ1) is 23.1. The van der Waals surface area contributed by atoms with Crippen LogP contribution in [0.4, 0.5) is 5.69 Å². The first-order valence-electron chi connectivity index (χ1n) is 15.1. The van der Waals surface area contributed by atoms with Crippen LogP contribution in [0.1, 0.15) is 46.8 Å². The van der Waals surface area contributed by atoms with Crippen molar-refractivity contribution in [3.05, 3.63) is 146 Å². The van der Waals surface area contributed by atoms with Gasteiger partial charge in [0.05, 0.1) is 29.1 Å². The predicted octanol–water partition coefficient (Wildman–Crippen LogP) is 9.83. The van der Waals surface area contributed by atoms with Gasteiger partial charge in [0.15, 0.2) is 0 Å². The smallest absolute Gasteiger partial charge is 0.305 e. The van der Waals surface area contributed by atoms with E-state index in [-0.39, 0.29) is 23.6 Å². The van der Waals surface area contributed by atoms with E-state index >= 15 is 0 Å². The zero-order chi connectivity index (χ0) is 33.8. The van der Waals surface area contributed by atoms with Gasteiger partial charge in [-0.1, -0.05) is 106 Å². The number of carboxylic acid groups (broad SMARTS) is 1.